The van der Waals surface area contributed by atoms with Gasteiger partial charge in [0.1, 0.15) is 11.6 Å². The molecule has 2 unspecified atom stereocenters. The molecule has 0 radical (unpaired) electrons. The van der Waals surface area contributed by atoms with Crippen LogP contribution < -0.4 is 4.74 Å². The lowest BCUT2D eigenvalue weighted by molar-refractivity contribution is 0.135. The van der Waals surface area contributed by atoms with Crippen LogP contribution in [-0.2, 0) is 0 Å². The van der Waals surface area contributed by atoms with Crippen molar-refractivity contribution in [3.63, 3.8) is 0 Å². The predicted molar refractivity (Wildman–Crippen MR) is 83.0 cm³/mol. The molecular weight excluding hydrogens is 277 g/mol. The standard InChI is InChI=1S/C15H24FNO2S/c1-11(10-20-4)17(2)9-8-13(18)15-12(16)6-5-7-14(15)19-3/h5-7,11,13,18H,8-10H2,1-4H3. The molecule has 1 aromatic carbocycles. The van der Waals surface area contributed by atoms with Crippen LogP contribution in [-0.4, -0.2) is 48.8 Å². The maximum atomic E-state index is 13.8. The second kappa shape index (κ2) is 8.49. The fourth-order valence-corrected chi connectivity index (χ4v) is 2.81. The topological polar surface area (TPSA) is 32.7 Å². The Morgan fingerprint density at radius 1 is 1.45 bits per heavy atom. The highest BCUT2D eigenvalue weighted by atomic mass is 32.2. The van der Waals surface area contributed by atoms with Crippen molar-refractivity contribution in [3.05, 3.63) is 29.6 Å². The minimum absolute atomic E-state index is 0.251. The number of hydrogen-bond acceptors (Lipinski definition) is 4. The molecule has 0 fully saturated rings. The summed E-state index contributed by atoms with van der Waals surface area (Å²) in [5.74, 6) is 1.02. The summed E-state index contributed by atoms with van der Waals surface area (Å²) in [6, 6.07) is 5.03. The predicted octanol–water partition coefficient (Wildman–Crippen LogP) is 2.94. The van der Waals surface area contributed by atoms with E-state index in [1.54, 1.807) is 23.9 Å². The van der Waals surface area contributed by atoms with Crippen molar-refractivity contribution >= 4 is 11.8 Å². The van der Waals surface area contributed by atoms with Gasteiger partial charge in [-0.2, -0.15) is 11.8 Å². The van der Waals surface area contributed by atoms with E-state index in [1.165, 1.54) is 13.2 Å². The van der Waals surface area contributed by atoms with Gasteiger partial charge in [0.15, 0.2) is 0 Å². The van der Waals surface area contributed by atoms with Gasteiger partial charge in [-0.05, 0) is 38.8 Å². The second-order valence-electron chi connectivity index (χ2n) is 4.95. The van der Waals surface area contributed by atoms with E-state index in [1.807, 2.05) is 7.05 Å². The van der Waals surface area contributed by atoms with Gasteiger partial charge in [-0.25, -0.2) is 4.39 Å². The summed E-state index contributed by atoms with van der Waals surface area (Å²) in [7, 11) is 3.50. The van der Waals surface area contributed by atoms with Crippen LogP contribution in [0, 0.1) is 5.82 Å². The number of methoxy groups -OCH3 is 1. The zero-order chi connectivity index (χ0) is 15.1. The van der Waals surface area contributed by atoms with Crippen molar-refractivity contribution in [2.75, 3.05) is 32.7 Å². The first kappa shape index (κ1) is 17.3. The second-order valence-corrected chi connectivity index (χ2v) is 5.86. The Morgan fingerprint density at radius 3 is 2.75 bits per heavy atom. The van der Waals surface area contributed by atoms with Crippen molar-refractivity contribution in [1.82, 2.24) is 4.90 Å². The Hall–Kier alpha value is -0.780. The van der Waals surface area contributed by atoms with E-state index in [2.05, 4.69) is 18.1 Å². The molecule has 0 aliphatic carbocycles. The molecule has 0 aliphatic heterocycles. The summed E-state index contributed by atoms with van der Waals surface area (Å²) in [5, 5.41) is 10.2. The highest BCUT2D eigenvalue weighted by Gasteiger charge is 2.19. The monoisotopic (exact) mass is 301 g/mol. The zero-order valence-electron chi connectivity index (χ0n) is 12.6. The molecule has 0 saturated carbocycles. The van der Waals surface area contributed by atoms with Gasteiger partial charge in [0.2, 0.25) is 0 Å². The normalized spacial score (nSPS) is 14.3. The Labute approximate surface area is 125 Å². The van der Waals surface area contributed by atoms with Crippen molar-refractivity contribution in [1.29, 1.82) is 0 Å². The first-order chi connectivity index (χ1) is 9.51. The fourth-order valence-electron chi connectivity index (χ4n) is 2.08. The first-order valence-electron chi connectivity index (χ1n) is 6.70. The number of thioether (sulfide) groups is 1. The Morgan fingerprint density at radius 2 is 2.15 bits per heavy atom. The maximum absolute atomic E-state index is 13.8. The van der Waals surface area contributed by atoms with Gasteiger partial charge in [0, 0.05) is 18.3 Å². The molecule has 0 saturated heterocycles. The van der Waals surface area contributed by atoms with E-state index >= 15 is 0 Å². The highest BCUT2D eigenvalue weighted by molar-refractivity contribution is 7.98. The average molecular weight is 301 g/mol. The molecule has 5 heteroatoms. The first-order valence-corrected chi connectivity index (χ1v) is 8.10. The molecule has 0 bridgehead atoms. The SMILES string of the molecule is COc1cccc(F)c1C(O)CCN(C)C(C)CSC. The molecule has 20 heavy (non-hydrogen) atoms. The van der Waals surface area contributed by atoms with Crippen molar-refractivity contribution in [3.8, 4) is 5.75 Å². The lowest BCUT2D eigenvalue weighted by Gasteiger charge is -2.25. The summed E-state index contributed by atoms with van der Waals surface area (Å²) in [6.07, 6.45) is 1.70. The van der Waals surface area contributed by atoms with Crippen LogP contribution in [0.1, 0.15) is 25.0 Å². The Balaban J connectivity index is 2.65. The summed E-state index contributed by atoms with van der Waals surface area (Å²) in [6.45, 7) is 2.85. The number of benzene rings is 1. The Kier molecular flexibility index (Phi) is 7.34. The van der Waals surface area contributed by atoms with Crippen LogP contribution in [0.4, 0.5) is 4.39 Å². The number of aliphatic hydroxyl groups is 1. The molecule has 3 nitrogen and oxygen atoms in total. The van der Waals surface area contributed by atoms with E-state index in [4.69, 9.17) is 4.74 Å². The molecule has 0 aliphatic rings. The quantitative estimate of drug-likeness (QED) is 0.800. The van der Waals surface area contributed by atoms with Crippen molar-refractivity contribution < 1.29 is 14.2 Å². The minimum atomic E-state index is -0.852. The molecular formula is C15H24FNO2S. The maximum Gasteiger partial charge on any atom is 0.132 e. The highest BCUT2D eigenvalue weighted by Crippen LogP contribution is 2.29. The van der Waals surface area contributed by atoms with Gasteiger partial charge in [0.25, 0.3) is 0 Å². The third kappa shape index (κ3) is 4.65. The van der Waals surface area contributed by atoms with Crippen LogP contribution in [0.25, 0.3) is 0 Å². The lowest BCUT2D eigenvalue weighted by Crippen LogP contribution is -2.32. The molecule has 1 N–H and O–H groups in total. The van der Waals surface area contributed by atoms with Gasteiger partial charge >= 0.3 is 0 Å². The number of ether oxygens (including phenoxy) is 1. The van der Waals surface area contributed by atoms with E-state index in [0.29, 0.717) is 24.8 Å². The van der Waals surface area contributed by atoms with Crippen LogP contribution in [0.2, 0.25) is 0 Å². The number of nitrogens with zero attached hydrogens (tertiary/aromatic N) is 1. The zero-order valence-corrected chi connectivity index (χ0v) is 13.4. The van der Waals surface area contributed by atoms with Gasteiger partial charge in [0.05, 0.1) is 18.8 Å². The summed E-state index contributed by atoms with van der Waals surface area (Å²) >= 11 is 1.79. The third-order valence-electron chi connectivity index (χ3n) is 3.48. The van der Waals surface area contributed by atoms with E-state index in [9.17, 15) is 9.50 Å². The smallest absolute Gasteiger partial charge is 0.132 e. The van der Waals surface area contributed by atoms with Gasteiger partial charge in [-0.15, -0.1) is 0 Å². The van der Waals surface area contributed by atoms with Gasteiger partial charge < -0.3 is 14.7 Å². The van der Waals surface area contributed by atoms with Crippen LogP contribution in [0.5, 0.6) is 5.75 Å². The molecule has 0 heterocycles. The molecule has 2 atom stereocenters. The summed E-state index contributed by atoms with van der Waals surface area (Å²) < 4.78 is 19.0. The van der Waals surface area contributed by atoms with E-state index in [0.717, 1.165) is 5.75 Å². The van der Waals surface area contributed by atoms with Crippen molar-refractivity contribution in [2.24, 2.45) is 0 Å². The number of halogens is 1. The molecule has 0 spiro atoms. The van der Waals surface area contributed by atoms with E-state index < -0.39 is 11.9 Å². The molecule has 114 valence electrons. The third-order valence-corrected chi connectivity index (χ3v) is 4.30. The summed E-state index contributed by atoms with van der Waals surface area (Å²) in [5.41, 5.74) is 0.251. The largest absolute Gasteiger partial charge is 0.496 e. The number of aliphatic hydroxyl groups excluding tert-OH is 1. The number of rotatable bonds is 8. The van der Waals surface area contributed by atoms with Gasteiger partial charge in [-0.1, -0.05) is 6.07 Å². The molecule has 0 aromatic heterocycles. The minimum Gasteiger partial charge on any atom is -0.496 e. The fraction of sp³-hybridized carbons (Fsp3) is 0.600. The number of hydrogen-bond donors (Lipinski definition) is 1. The average Bonchev–Trinajstić information content (AvgIpc) is 2.44. The van der Waals surface area contributed by atoms with Crippen LogP contribution >= 0.6 is 11.8 Å². The van der Waals surface area contributed by atoms with Crippen molar-refractivity contribution in [2.45, 2.75) is 25.5 Å². The van der Waals surface area contributed by atoms with E-state index in [-0.39, 0.29) is 5.56 Å². The van der Waals surface area contributed by atoms with Crippen LogP contribution in [0.3, 0.4) is 0 Å². The van der Waals surface area contributed by atoms with Gasteiger partial charge in [-0.3, -0.25) is 0 Å². The molecule has 0 amide bonds. The molecule has 1 rings (SSSR count). The lowest BCUT2D eigenvalue weighted by atomic mass is 10.0. The van der Waals surface area contributed by atoms with Crippen LogP contribution in [0.15, 0.2) is 18.2 Å². The Bertz CT molecular complexity index is 417. The summed E-state index contributed by atoms with van der Waals surface area (Å²) in [4.78, 5) is 2.17. The molecule has 1 aromatic rings.